The van der Waals surface area contributed by atoms with Crippen molar-refractivity contribution in [3.63, 3.8) is 0 Å². The van der Waals surface area contributed by atoms with E-state index < -0.39 is 5.60 Å². The molecule has 0 spiro atoms. The Labute approximate surface area is 195 Å². The van der Waals surface area contributed by atoms with E-state index in [0.717, 1.165) is 42.6 Å². The highest BCUT2D eigenvalue weighted by Gasteiger charge is 2.50. The summed E-state index contributed by atoms with van der Waals surface area (Å²) >= 11 is 0. The number of likely N-dealkylation sites (tertiary alicyclic amines) is 1. The second kappa shape index (κ2) is 9.87. The van der Waals surface area contributed by atoms with Crippen LogP contribution in [0.2, 0.25) is 0 Å². The van der Waals surface area contributed by atoms with Crippen molar-refractivity contribution in [1.29, 1.82) is 0 Å². The summed E-state index contributed by atoms with van der Waals surface area (Å²) in [4.78, 5) is 15.4. The first-order chi connectivity index (χ1) is 16.0. The molecule has 6 heteroatoms. The Morgan fingerprint density at radius 3 is 2.52 bits per heavy atom. The summed E-state index contributed by atoms with van der Waals surface area (Å²) in [6.07, 6.45) is 7.76. The van der Waals surface area contributed by atoms with Gasteiger partial charge in [-0.3, -0.25) is 4.79 Å². The molecule has 0 radical (unpaired) electrons. The molecule has 1 saturated carbocycles. The number of rotatable bonds is 6. The summed E-state index contributed by atoms with van der Waals surface area (Å²) in [6, 6.07) is 13.2. The van der Waals surface area contributed by atoms with Gasteiger partial charge in [0.25, 0.3) is 0 Å². The fraction of sp³-hybridized carbons (Fsp3) is 0.444. The van der Waals surface area contributed by atoms with Crippen molar-refractivity contribution in [3.05, 3.63) is 59.7 Å². The quantitative estimate of drug-likeness (QED) is 0.649. The second-order valence-electron chi connectivity index (χ2n) is 8.87. The van der Waals surface area contributed by atoms with Crippen LogP contribution in [0.4, 0.5) is 0 Å². The molecule has 1 heterocycles. The van der Waals surface area contributed by atoms with Crippen molar-refractivity contribution in [2.24, 2.45) is 5.92 Å². The van der Waals surface area contributed by atoms with Gasteiger partial charge < -0.3 is 24.2 Å². The van der Waals surface area contributed by atoms with Gasteiger partial charge in [-0.1, -0.05) is 37.1 Å². The summed E-state index contributed by atoms with van der Waals surface area (Å²) in [5, 5.41) is 11.5. The Kier molecular flexibility index (Phi) is 6.94. The van der Waals surface area contributed by atoms with Gasteiger partial charge in [-0.2, -0.15) is 0 Å². The first kappa shape index (κ1) is 23.2. The summed E-state index contributed by atoms with van der Waals surface area (Å²) in [6.45, 7) is 0.505. The molecule has 4 rings (SSSR count). The highest BCUT2D eigenvalue weighted by molar-refractivity contribution is 5.92. The number of benzene rings is 2. The minimum atomic E-state index is -0.742. The van der Waals surface area contributed by atoms with Crippen LogP contribution in [0.25, 0.3) is 6.08 Å². The number of hydrogen-bond acceptors (Lipinski definition) is 5. The number of fused-ring (bicyclic) bond motifs is 1. The van der Waals surface area contributed by atoms with Gasteiger partial charge in [0, 0.05) is 24.1 Å². The number of para-hydroxylation sites is 1. The molecule has 2 aromatic carbocycles. The maximum absolute atomic E-state index is 13.5. The molecule has 2 aliphatic rings. The molecule has 0 unspecified atom stereocenters. The van der Waals surface area contributed by atoms with Gasteiger partial charge in [0.15, 0.2) is 11.5 Å². The van der Waals surface area contributed by atoms with Gasteiger partial charge in [-0.25, -0.2) is 0 Å². The highest BCUT2D eigenvalue weighted by atomic mass is 16.5. The SMILES string of the molecule is COc1ccc(C=CC(=O)N2CC[C@@]3(O)CCCC[C@H]3[C@@H]2c2ccccc2OC)cc1OC. The number of hydrogen-bond donors (Lipinski definition) is 1. The van der Waals surface area contributed by atoms with Gasteiger partial charge >= 0.3 is 0 Å². The molecule has 176 valence electrons. The molecule has 1 N–H and O–H groups in total. The summed E-state index contributed by atoms with van der Waals surface area (Å²) in [5.74, 6) is 1.91. The fourth-order valence-electron chi connectivity index (χ4n) is 5.44. The molecule has 0 bridgehead atoms. The molecule has 1 aliphatic carbocycles. The minimum Gasteiger partial charge on any atom is -0.496 e. The third-order valence-electron chi connectivity index (χ3n) is 7.13. The van der Waals surface area contributed by atoms with Gasteiger partial charge in [0.05, 0.1) is 33.0 Å². The van der Waals surface area contributed by atoms with E-state index in [9.17, 15) is 9.90 Å². The number of ether oxygens (including phenoxy) is 3. The topological polar surface area (TPSA) is 68.2 Å². The molecular formula is C27H33NO5. The van der Waals surface area contributed by atoms with Gasteiger partial charge in [0.2, 0.25) is 5.91 Å². The third-order valence-corrected chi connectivity index (χ3v) is 7.13. The van der Waals surface area contributed by atoms with E-state index in [0.29, 0.717) is 24.5 Å². The van der Waals surface area contributed by atoms with Gasteiger partial charge in [-0.05, 0) is 49.1 Å². The number of methoxy groups -OCH3 is 3. The van der Waals surface area contributed by atoms with Crippen LogP contribution in [0, 0.1) is 5.92 Å². The van der Waals surface area contributed by atoms with Gasteiger partial charge in [0.1, 0.15) is 5.75 Å². The lowest BCUT2D eigenvalue weighted by Gasteiger charge is -2.52. The molecule has 1 saturated heterocycles. The van der Waals surface area contributed by atoms with Crippen LogP contribution in [-0.4, -0.2) is 49.4 Å². The molecular weight excluding hydrogens is 418 g/mol. The van der Waals surface area contributed by atoms with Crippen molar-refractivity contribution in [1.82, 2.24) is 4.90 Å². The molecule has 0 aromatic heterocycles. The molecule has 3 atom stereocenters. The third kappa shape index (κ3) is 4.58. The van der Waals surface area contributed by atoms with Crippen LogP contribution in [-0.2, 0) is 4.79 Å². The van der Waals surface area contributed by atoms with Crippen LogP contribution in [0.15, 0.2) is 48.5 Å². The average molecular weight is 452 g/mol. The lowest BCUT2D eigenvalue weighted by atomic mass is 9.66. The van der Waals surface area contributed by atoms with Crippen LogP contribution >= 0.6 is 0 Å². The molecule has 33 heavy (non-hydrogen) atoms. The van der Waals surface area contributed by atoms with Crippen molar-refractivity contribution in [2.75, 3.05) is 27.9 Å². The van der Waals surface area contributed by atoms with Crippen LogP contribution in [0.5, 0.6) is 17.2 Å². The summed E-state index contributed by atoms with van der Waals surface area (Å²) in [7, 11) is 4.84. The number of nitrogens with zero attached hydrogens (tertiary/aromatic N) is 1. The van der Waals surface area contributed by atoms with Crippen LogP contribution < -0.4 is 14.2 Å². The predicted molar refractivity (Wildman–Crippen MR) is 128 cm³/mol. The minimum absolute atomic E-state index is 0.0188. The Morgan fingerprint density at radius 2 is 1.76 bits per heavy atom. The normalized spacial score (nSPS) is 24.9. The predicted octanol–water partition coefficient (Wildman–Crippen LogP) is 4.62. The summed E-state index contributed by atoms with van der Waals surface area (Å²) < 4.78 is 16.3. The van der Waals surface area contributed by atoms with E-state index in [-0.39, 0.29) is 17.9 Å². The monoisotopic (exact) mass is 451 g/mol. The van der Waals surface area contributed by atoms with E-state index in [1.54, 1.807) is 33.5 Å². The van der Waals surface area contributed by atoms with E-state index in [4.69, 9.17) is 14.2 Å². The zero-order valence-corrected chi connectivity index (χ0v) is 19.6. The molecule has 1 amide bonds. The Hall–Kier alpha value is -2.99. The highest BCUT2D eigenvalue weighted by Crippen LogP contribution is 2.50. The number of carbonyl (C=O) groups excluding carboxylic acids is 1. The van der Waals surface area contributed by atoms with E-state index in [1.165, 1.54) is 0 Å². The maximum atomic E-state index is 13.5. The summed E-state index contributed by atoms with van der Waals surface area (Å²) in [5.41, 5.74) is 1.06. The lowest BCUT2D eigenvalue weighted by Crippen LogP contribution is -2.56. The lowest BCUT2D eigenvalue weighted by molar-refractivity contribution is -0.151. The van der Waals surface area contributed by atoms with Crippen molar-refractivity contribution >= 4 is 12.0 Å². The van der Waals surface area contributed by atoms with Crippen molar-refractivity contribution in [3.8, 4) is 17.2 Å². The number of amides is 1. The number of carbonyl (C=O) groups is 1. The average Bonchev–Trinajstić information content (AvgIpc) is 2.86. The standard InChI is InChI=1S/C27H33NO5/c1-31-22-10-5-4-8-20(22)26-21-9-6-7-15-27(21,30)16-17-28(26)25(29)14-12-19-11-13-23(32-2)24(18-19)33-3/h4-5,8,10-14,18,21,26,30H,6-7,9,15-17H2,1-3H3/t21-,26-,27-/m0/s1. The van der Waals surface area contributed by atoms with Gasteiger partial charge in [-0.15, -0.1) is 0 Å². The fourth-order valence-corrected chi connectivity index (χ4v) is 5.44. The van der Waals surface area contributed by atoms with E-state index >= 15 is 0 Å². The van der Waals surface area contributed by atoms with E-state index in [1.807, 2.05) is 47.4 Å². The Morgan fingerprint density at radius 1 is 1.00 bits per heavy atom. The molecule has 2 aromatic rings. The maximum Gasteiger partial charge on any atom is 0.247 e. The van der Waals surface area contributed by atoms with E-state index in [2.05, 4.69) is 0 Å². The van der Waals surface area contributed by atoms with Crippen LogP contribution in [0.1, 0.15) is 49.3 Å². The number of piperidine rings is 1. The first-order valence-corrected chi connectivity index (χ1v) is 11.6. The molecule has 6 nitrogen and oxygen atoms in total. The zero-order valence-electron chi connectivity index (χ0n) is 19.6. The molecule has 1 aliphatic heterocycles. The number of aliphatic hydroxyl groups is 1. The zero-order chi connectivity index (χ0) is 23.4. The van der Waals surface area contributed by atoms with Crippen molar-refractivity contribution < 1.29 is 24.1 Å². The second-order valence-corrected chi connectivity index (χ2v) is 8.87. The smallest absolute Gasteiger partial charge is 0.247 e. The Balaban J connectivity index is 1.66. The Bertz CT molecular complexity index is 1020. The van der Waals surface area contributed by atoms with Crippen LogP contribution in [0.3, 0.4) is 0 Å². The van der Waals surface area contributed by atoms with Crippen molar-refractivity contribution in [2.45, 2.75) is 43.7 Å². The first-order valence-electron chi connectivity index (χ1n) is 11.6. The molecule has 2 fully saturated rings. The largest absolute Gasteiger partial charge is 0.496 e.